The predicted molar refractivity (Wildman–Crippen MR) is 107 cm³/mol. The number of halogens is 3. The lowest BCUT2D eigenvalue weighted by Crippen LogP contribution is -2.33. The van der Waals surface area contributed by atoms with Crippen LogP contribution < -0.4 is 4.74 Å². The van der Waals surface area contributed by atoms with Crippen molar-refractivity contribution in [3.63, 3.8) is 0 Å². The molecule has 0 saturated carbocycles. The van der Waals surface area contributed by atoms with Crippen molar-refractivity contribution in [2.24, 2.45) is 0 Å². The summed E-state index contributed by atoms with van der Waals surface area (Å²) in [7, 11) is 0. The third kappa shape index (κ3) is 6.92. The Morgan fingerprint density at radius 1 is 0.900 bits per heavy atom. The summed E-state index contributed by atoms with van der Waals surface area (Å²) in [6.45, 7) is 0.932. The number of benzene rings is 2. The molecular weight excluding hydrogens is 393 g/mol. The van der Waals surface area contributed by atoms with Crippen LogP contribution in [0.5, 0.6) is 5.75 Å². The van der Waals surface area contributed by atoms with Crippen LogP contribution in [0.4, 0.5) is 13.2 Å². The van der Waals surface area contributed by atoms with E-state index in [0.29, 0.717) is 25.1 Å². The van der Waals surface area contributed by atoms with Crippen LogP contribution >= 0.6 is 0 Å². The molecule has 1 aromatic heterocycles. The van der Waals surface area contributed by atoms with Crippen molar-refractivity contribution in [3.05, 3.63) is 95.8 Å². The van der Waals surface area contributed by atoms with E-state index in [1.54, 1.807) is 17.3 Å². The number of amides is 1. The Kier molecular flexibility index (Phi) is 7.06. The van der Waals surface area contributed by atoms with E-state index in [2.05, 4.69) is 9.72 Å². The molecular formula is C23H21F3N2O2. The lowest BCUT2D eigenvalue weighted by Gasteiger charge is -2.23. The first-order chi connectivity index (χ1) is 14.4. The van der Waals surface area contributed by atoms with E-state index in [9.17, 15) is 18.0 Å². The van der Waals surface area contributed by atoms with Crippen molar-refractivity contribution >= 4 is 5.91 Å². The van der Waals surface area contributed by atoms with Gasteiger partial charge in [0.1, 0.15) is 5.75 Å². The number of carbonyl (C=O) groups excluding carboxylic acids is 1. The van der Waals surface area contributed by atoms with Gasteiger partial charge in [0.25, 0.3) is 0 Å². The van der Waals surface area contributed by atoms with Crippen LogP contribution in [0.2, 0.25) is 0 Å². The van der Waals surface area contributed by atoms with E-state index in [0.717, 1.165) is 11.1 Å². The van der Waals surface area contributed by atoms with E-state index in [4.69, 9.17) is 0 Å². The number of hydrogen-bond donors (Lipinski definition) is 0. The summed E-state index contributed by atoms with van der Waals surface area (Å²) < 4.78 is 40.8. The Balaban J connectivity index is 1.67. The highest BCUT2D eigenvalue weighted by atomic mass is 19.4. The molecule has 0 unspecified atom stereocenters. The fourth-order valence-electron chi connectivity index (χ4n) is 3.01. The Labute approximate surface area is 172 Å². The van der Waals surface area contributed by atoms with E-state index in [1.165, 1.54) is 24.3 Å². The molecule has 3 aromatic rings. The molecule has 30 heavy (non-hydrogen) atoms. The minimum atomic E-state index is -4.74. The Morgan fingerprint density at radius 3 is 2.23 bits per heavy atom. The lowest BCUT2D eigenvalue weighted by atomic mass is 10.1. The van der Waals surface area contributed by atoms with E-state index in [1.807, 2.05) is 42.5 Å². The van der Waals surface area contributed by atoms with Crippen molar-refractivity contribution in [2.75, 3.05) is 6.54 Å². The van der Waals surface area contributed by atoms with Gasteiger partial charge in [-0.2, -0.15) is 0 Å². The SMILES string of the molecule is O=C(Cc1ccc(OC(F)(F)F)cc1)N(CCc1ccccc1)Cc1cccnc1. The first kappa shape index (κ1) is 21.4. The molecule has 0 aliphatic rings. The summed E-state index contributed by atoms with van der Waals surface area (Å²) in [6.07, 6.45) is -0.571. The summed E-state index contributed by atoms with van der Waals surface area (Å²) in [6, 6.07) is 18.9. The van der Waals surface area contributed by atoms with E-state index >= 15 is 0 Å². The van der Waals surface area contributed by atoms with Crippen LogP contribution in [0.25, 0.3) is 0 Å². The van der Waals surface area contributed by atoms with Crippen molar-refractivity contribution in [2.45, 2.75) is 25.7 Å². The molecule has 1 heterocycles. The number of rotatable bonds is 8. The van der Waals surface area contributed by atoms with E-state index < -0.39 is 6.36 Å². The molecule has 0 bridgehead atoms. The molecule has 7 heteroatoms. The number of carbonyl (C=O) groups is 1. The van der Waals surface area contributed by atoms with Crippen molar-refractivity contribution in [1.82, 2.24) is 9.88 Å². The first-order valence-corrected chi connectivity index (χ1v) is 9.44. The molecule has 0 fully saturated rings. The van der Waals surface area contributed by atoms with Crippen LogP contribution in [0.1, 0.15) is 16.7 Å². The molecule has 0 radical (unpaired) electrons. The highest BCUT2D eigenvalue weighted by molar-refractivity contribution is 5.78. The Hall–Kier alpha value is -3.35. The highest BCUT2D eigenvalue weighted by Crippen LogP contribution is 2.23. The molecule has 0 spiro atoms. The van der Waals surface area contributed by atoms with Gasteiger partial charge < -0.3 is 9.64 Å². The van der Waals surface area contributed by atoms with Gasteiger partial charge in [-0.05, 0) is 41.3 Å². The van der Waals surface area contributed by atoms with Crippen LogP contribution in [0.3, 0.4) is 0 Å². The molecule has 0 atom stereocenters. The number of pyridine rings is 1. The summed E-state index contributed by atoms with van der Waals surface area (Å²) in [5.74, 6) is -0.422. The minimum Gasteiger partial charge on any atom is -0.406 e. The Bertz CT molecular complexity index is 930. The fraction of sp³-hybridized carbons (Fsp3) is 0.217. The molecule has 0 saturated heterocycles. The van der Waals surface area contributed by atoms with Gasteiger partial charge in [-0.15, -0.1) is 13.2 Å². The zero-order chi connectivity index (χ0) is 21.4. The van der Waals surface area contributed by atoms with Gasteiger partial charge in [-0.25, -0.2) is 0 Å². The molecule has 156 valence electrons. The summed E-state index contributed by atoms with van der Waals surface area (Å²) in [4.78, 5) is 18.8. The van der Waals surface area contributed by atoms with E-state index in [-0.39, 0.29) is 18.1 Å². The molecule has 3 rings (SSSR count). The number of aromatic nitrogens is 1. The minimum absolute atomic E-state index is 0.0847. The predicted octanol–water partition coefficient (Wildman–Crippen LogP) is 4.79. The van der Waals surface area contributed by atoms with Gasteiger partial charge in [-0.1, -0.05) is 48.5 Å². The monoisotopic (exact) mass is 414 g/mol. The maximum absolute atomic E-state index is 12.9. The van der Waals surface area contributed by atoms with Crippen molar-refractivity contribution < 1.29 is 22.7 Å². The quantitative estimate of drug-likeness (QED) is 0.532. The topological polar surface area (TPSA) is 42.4 Å². The van der Waals surface area contributed by atoms with Crippen LogP contribution in [0, 0.1) is 0 Å². The third-order valence-corrected chi connectivity index (χ3v) is 4.47. The molecule has 0 aliphatic carbocycles. The summed E-state index contributed by atoms with van der Waals surface area (Å²) >= 11 is 0. The van der Waals surface area contributed by atoms with Crippen molar-refractivity contribution in [3.8, 4) is 5.75 Å². The van der Waals surface area contributed by atoms with Crippen LogP contribution in [0.15, 0.2) is 79.1 Å². The average Bonchev–Trinajstić information content (AvgIpc) is 2.73. The number of hydrogen-bond acceptors (Lipinski definition) is 3. The highest BCUT2D eigenvalue weighted by Gasteiger charge is 2.31. The zero-order valence-corrected chi connectivity index (χ0v) is 16.2. The molecule has 2 aromatic carbocycles. The number of ether oxygens (including phenoxy) is 1. The largest absolute Gasteiger partial charge is 0.573 e. The van der Waals surface area contributed by atoms with Gasteiger partial charge in [0.2, 0.25) is 5.91 Å². The smallest absolute Gasteiger partial charge is 0.406 e. The third-order valence-electron chi connectivity index (χ3n) is 4.47. The second-order valence-electron chi connectivity index (χ2n) is 6.78. The average molecular weight is 414 g/mol. The van der Waals surface area contributed by atoms with Gasteiger partial charge in [0.15, 0.2) is 0 Å². The molecule has 4 nitrogen and oxygen atoms in total. The second kappa shape index (κ2) is 9.91. The zero-order valence-electron chi connectivity index (χ0n) is 16.2. The van der Waals surface area contributed by atoms with Crippen LogP contribution in [-0.2, 0) is 24.2 Å². The number of alkyl halides is 3. The standard InChI is InChI=1S/C23H21F3N2O2/c24-23(25,26)30-21-10-8-19(9-11-21)15-22(29)28(17-20-7-4-13-27-16-20)14-12-18-5-2-1-3-6-18/h1-11,13,16H,12,14-15,17H2. The maximum atomic E-state index is 12.9. The molecule has 0 aliphatic heterocycles. The Morgan fingerprint density at radius 2 is 1.60 bits per heavy atom. The second-order valence-corrected chi connectivity index (χ2v) is 6.78. The van der Waals surface area contributed by atoms with Gasteiger partial charge >= 0.3 is 6.36 Å². The number of nitrogens with zero attached hydrogens (tertiary/aromatic N) is 2. The van der Waals surface area contributed by atoms with Crippen molar-refractivity contribution in [1.29, 1.82) is 0 Å². The molecule has 1 amide bonds. The van der Waals surface area contributed by atoms with Gasteiger partial charge in [0.05, 0.1) is 6.42 Å². The normalized spacial score (nSPS) is 11.2. The van der Waals surface area contributed by atoms with Gasteiger partial charge in [-0.3, -0.25) is 9.78 Å². The fourth-order valence-corrected chi connectivity index (χ4v) is 3.01. The molecule has 0 N–H and O–H groups in total. The van der Waals surface area contributed by atoms with Crippen LogP contribution in [-0.4, -0.2) is 28.7 Å². The maximum Gasteiger partial charge on any atom is 0.573 e. The first-order valence-electron chi connectivity index (χ1n) is 9.44. The van der Waals surface area contributed by atoms with Gasteiger partial charge in [0, 0.05) is 25.5 Å². The lowest BCUT2D eigenvalue weighted by molar-refractivity contribution is -0.274. The summed E-state index contributed by atoms with van der Waals surface area (Å²) in [5, 5.41) is 0. The summed E-state index contributed by atoms with van der Waals surface area (Å²) in [5.41, 5.74) is 2.65.